The monoisotopic (exact) mass is 522 g/mol. The fourth-order valence-electron chi connectivity index (χ4n) is 5.33. The van der Waals surface area contributed by atoms with Crippen molar-refractivity contribution in [3.63, 3.8) is 0 Å². The molecule has 1 amide bonds. The molecule has 8 nitrogen and oxygen atoms in total. The molecule has 200 valence electrons. The van der Waals surface area contributed by atoms with Crippen LogP contribution >= 0.6 is 0 Å². The number of fused-ring (bicyclic) bond motifs is 1. The number of anilines is 1. The quantitative estimate of drug-likeness (QED) is 0.358. The number of carbonyl (C=O) groups excluding carboxylic acids is 1. The van der Waals surface area contributed by atoms with Gasteiger partial charge in [-0.25, -0.2) is 9.97 Å². The Kier molecular flexibility index (Phi) is 7.62. The summed E-state index contributed by atoms with van der Waals surface area (Å²) in [5.74, 6) is 2.03. The molecule has 0 radical (unpaired) electrons. The smallest absolute Gasteiger partial charge is 0.254 e. The number of piperidine rings is 1. The van der Waals surface area contributed by atoms with E-state index in [2.05, 4.69) is 29.0 Å². The molecule has 8 heteroatoms. The third-order valence-electron chi connectivity index (χ3n) is 7.73. The first-order chi connectivity index (χ1) is 18.9. The van der Waals surface area contributed by atoms with Crippen LogP contribution in [0.5, 0.6) is 0 Å². The van der Waals surface area contributed by atoms with Crippen molar-refractivity contribution in [2.45, 2.75) is 32.6 Å². The highest BCUT2D eigenvalue weighted by Gasteiger charge is 2.26. The molecule has 39 heavy (non-hydrogen) atoms. The minimum absolute atomic E-state index is 0.0619. The summed E-state index contributed by atoms with van der Waals surface area (Å²) in [4.78, 5) is 30.5. The molecule has 1 saturated heterocycles. The zero-order chi connectivity index (χ0) is 27.5. The van der Waals surface area contributed by atoms with Gasteiger partial charge < -0.3 is 19.5 Å². The van der Waals surface area contributed by atoms with Crippen molar-refractivity contribution in [3.8, 4) is 17.5 Å². The second-order valence-electron chi connectivity index (χ2n) is 10.3. The summed E-state index contributed by atoms with van der Waals surface area (Å²) in [6, 6.07) is 16.0. The first-order valence-electron chi connectivity index (χ1n) is 13.3. The fraction of sp³-hybridized carbons (Fsp3) is 0.355. The number of hydrogen-bond acceptors (Lipinski definition) is 6. The number of aromatic amines is 1. The molecule has 1 aliphatic heterocycles. The van der Waals surface area contributed by atoms with E-state index in [4.69, 9.17) is 15.0 Å². The zero-order valence-corrected chi connectivity index (χ0v) is 23.0. The van der Waals surface area contributed by atoms with E-state index in [0.29, 0.717) is 36.7 Å². The maximum atomic E-state index is 13.7. The predicted molar refractivity (Wildman–Crippen MR) is 153 cm³/mol. The number of aromatic nitrogens is 3. The second kappa shape index (κ2) is 11.3. The van der Waals surface area contributed by atoms with Crippen molar-refractivity contribution < 1.29 is 9.53 Å². The average molecular weight is 523 g/mol. The van der Waals surface area contributed by atoms with E-state index < -0.39 is 0 Å². The molecule has 1 aliphatic rings. The number of nitrogens with one attached hydrogen (secondary N) is 1. The lowest BCUT2D eigenvalue weighted by Crippen LogP contribution is -2.38. The van der Waals surface area contributed by atoms with Crippen LogP contribution in [-0.4, -0.2) is 66.2 Å². The van der Waals surface area contributed by atoms with Crippen molar-refractivity contribution in [1.82, 2.24) is 19.9 Å². The Morgan fingerprint density at radius 3 is 2.59 bits per heavy atom. The van der Waals surface area contributed by atoms with Gasteiger partial charge in [-0.1, -0.05) is 18.2 Å². The maximum Gasteiger partial charge on any atom is 0.254 e. The minimum atomic E-state index is 0.0619. The van der Waals surface area contributed by atoms with Gasteiger partial charge in [-0.15, -0.1) is 0 Å². The first-order valence-corrected chi connectivity index (χ1v) is 13.3. The Morgan fingerprint density at radius 2 is 1.90 bits per heavy atom. The summed E-state index contributed by atoms with van der Waals surface area (Å²) in [7, 11) is 3.67. The molecule has 2 aromatic heterocycles. The normalized spacial score (nSPS) is 14.0. The largest absolute Gasteiger partial charge is 0.383 e. The van der Waals surface area contributed by atoms with Crippen LogP contribution < -0.4 is 4.90 Å². The molecular formula is C31H34N6O2. The molecule has 2 aromatic carbocycles. The van der Waals surface area contributed by atoms with E-state index in [0.717, 1.165) is 58.8 Å². The van der Waals surface area contributed by atoms with Gasteiger partial charge in [0.05, 0.1) is 35.5 Å². The number of nitriles is 1. The number of benzene rings is 2. The topological polar surface area (TPSA) is 98.1 Å². The second-order valence-corrected chi connectivity index (χ2v) is 10.3. The number of aryl methyl sites for hydroxylation is 2. The summed E-state index contributed by atoms with van der Waals surface area (Å²) in [6.45, 7) is 6.82. The van der Waals surface area contributed by atoms with Crippen molar-refractivity contribution in [2.24, 2.45) is 0 Å². The third kappa shape index (κ3) is 5.50. The van der Waals surface area contributed by atoms with Crippen molar-refractivity contribution in [3.05, 3.63) is 76.5 Å². The summed E-state index contributed by atoms with van der Waals surface area (Å²) in [5, 5.41) is 9.06. The number of likely N-dealkylation sites (N-methyl/N-ethyl adjacent to an activating group) is 1. The maximum absolute atomic E-state index is 13.7. The fourth-order valence-corrected chi connectivity index (χ4v) is 5.33. The van der Waals surface area contributed by atoms with E-state index in [1.807, 2.05) is 60.2 Å². The molecule has 5 rings (SSSR count). The van der Waals surface area contributed by atoms with Gasteiger partial charge in [-0.2, -0.15) is 5.26 Å². The number of hydrogen-bond donors (Lipinski definition) is 1. The van der Waals surface area contributed by atoms with Crippen molar-refractivity contribution in [1.29, 1.82) is 5.26 Å². The number of carbonyl (C=O) groups is 1. The van der Waals surface area contributed by atoms with Crippen LogP contribution in [0.4, 0.5) is 5.82 Å². The number of methoxy groups -OCH3 is 1. The standard InChI is InChI=1S/C31H34N6O2/c1-20-15-21(2)26(31(38)37-11-9-24(10-12-37)23-7-5-22(18-32)6-8-23)16-25(20)30-34-27-17-29(33-19-28(27)35-30)36(3)13-14-39-4/h5-8,15-17,19,24H,9-14H2,1-4H3,(H,34,35). The van der Waals surface area contributed by atoms with Crippen LogP contribution in [0.15, 0.2) is 48.7 Å². The molecule has 0 bridgehead atoms. The highest BCUT2D eigenvalue weighted by molar-refractivity contribution is 5.97. The van der Waals surface area contributed by atoms with Crippen LogP contribution in [0.1, 0.15) is 51.4 Å². The average Bonchev–Trinajstić information content (AvgIpc) is 3.39. The van der Waals surface area contributed by atoms with E-state index >= 15 is 0 Å². The van der Waals surface area contributed by atoms with Crippen LogP contribution in [0, 0.1) is 25.2 Å². The third-order valence-corrected chi connectivity index (χ3v) is 7.73. The van der Waals surface area contributed by atoms with Gasteiger partial charge in [0.2, 0.25) is 0 Å². The number of ether oxygens (including phenoxy) is 1. The van der Waals surface area contributed by atoms with Crippen molar-refractivity contribution >= 4 is 22.8 Å². The van der Waals surface area contributed by atoms with E-state index in [9.17, 15) is 4.79 Å². The summed E-state index contributed by atoms with van der Waals surface area (Å²) >= 11 is 0. The van der Waals surface area contributed by atoms with Crippen LogP contribution in [-0.2, 0) is 4.74 Å². The lowest BCUT2D eigenvalue weighted by Gasteiger charge is -2.32. The predicted octanol–water partition coefficient (Wildman–Crippen LogP) is 5.22. The molecule has 0 spiro atoms. The minimum Gasteiger partial charge on any atom is -0.383 e. The van der Waals surface area contributed by atoms with Gasteiger partial charge in [0.1, 0.15) is 11.6 Å². The molecule has 0 saturated carbocycles. The van der Waals surface area contributed by atoms with Crippen LogP contribution in [0.2, 0.25) is 0 Å². The highest BCUT2D eigenvalue weighted by atomic mass is 16.5. The van der Waals surface area contributed by atoms with E-state index in [-0.39, 0.29) is 5.91 Å². The molecule has 1 fully saturated rings. The molecule has 4 aromatic rings. The number of H-pyrrole nitrogens is 1. The Hall–Kier alpha value is -4.22. The summed E-state index contributed by atoms with van der Waals surface area (Å²) in [6.07, 6.45) is 3.62. The lowest BCUT2D eigenvalue weighted by atomic mass is 9.88. The van der Waals surface area contributed by atoms with Gasteiger partial charge in [-0.3, -0.25) is 4.79 Å². The van der Waals surface area contributed by atoms with Gasteiger partial charge in [0.15, 0.2) is 0 Å². The number of nitrogens with zero attached hydrogens (tertiary/aromatic N) is 5. The first kappa shape index (κ1) is 26.4. The van der Waals surface area contributed by atoms with Crippen LogP contribution in [0.3, 0.4) is 0 Å². The Bertz CT molecular complexity index is 1530. The van der Waals surface area contributed by atoms with Crippen LogP contribution in [0.25, 0.3) is 22.4 Å². The Balaban J connectivity index is 1.35. The lowest BCUT2D eigenvalue weighted by molar-refractivity contribution is 0.0712. The number of rotatable bonds is 7. The number of amides is 1. The SMILES string of the molecule is COCCN(C)c1cc2nc(-c3cc(C(=O)N4CCC(c5ccc(C#N)cc5)CC4)c(C)cc3C)[nH]c2cn1. The zero-order valence-electron chi connectivity index (χ0n) is 23.0. The molecule has 0 aliphatic carbocycles. The molecule has 0 atom stereocenters. The Labute approximate surface area is 229 Å². The van der Waals surface area contributed by atoms with Gasteiger partial charge in [0.25, 0.3) is 5.91 Å². The molecule has 3 heterocycles. The van der Waals surface area contributed by atoms with Gasteiger partial charge in [-0.05, 0) is 67.5 Å². The molecule has 1 N–H and O–H groups in total. The van der Waals surface area contributed by atoms with Gasteiger partial charge in [0, 0.05) is 51.0 Å². The van der Waals surface area contributed by atoms with E-state index in [1.165, 1.54) is 5.56 Å². The van der Waals surface area contributed by atoms with E-state index in [1.54, 1.807) is 13.3 Å². The number of pyridine rings is 1. The molecular weight excluding hydrogens is 488 g/mol. The number of likely N-dealkylation sites (tertiary alicyclic amines) is 1. The summed E-state index contributed by atoms with van der Waals surface area (Å²) < 4.78 is 5.18. The Morgan fingerprint density at radius 1 is 1.15 bits per heavy atom. The number of imidazole rings is 1. The van der Waals surface area contributed by atoms with Gasteiger partial charge >= 0.3 is 0 Å². The molecule has 0 unspecified atom stereocenters. The van der Waals surface area contributed by atoms with Crippen molar-refractivity contribution in [2.75, 3.05) is 45.3 Å². The highest BCUT2D eigenvalue weighted by Crippen LogP contribution is 2.31. The summed E-state index contributed by atoms with van der Waals surface area (Å²) in [5.41, 5.74) is 7.26.